The number of hydrogen-bond acceptors (Lipinski definition) is 2. The van der Waals surface area contributed by atoms with Gasteiger partial charge in [-0.25, -0.2) is 9.37 Å². The fourth-order valence-corrected chi connectivity index (χ4v) is 3.19. The summed E-state index contributed by atoms with van der Waals surface area (Å²) in [5.74, 6) is 1.49. The number of fused-ring (bicyclic) bond motifs is 1. The highest BCUT2D eigenvalue weighted by Gasteiger charge is 2.12. The first-order valence-corrected chi connectivity index (χ1v) is 8.99. The van der Waals surface area contributed by atoms with Crippen LogP contribution in [-0.4, -0.2) is 9.55 Å². The maximum absolute atomic E-state index is 13.2. The molecule has 4 aromatic rings. The fraction of sp³-hybridized carbons (Fsp3) is 0.174. The number of para-hydroxylation sites is 2. The molecular formula is C23H21FN2O. The molecule has 0 aliphatic rings. The van der Waals surface area contributed by atoms with E-state index in [0.717, 1.165) is 39.3 Å². The van der Waals surface area contributed by atoms with E-state index in [1.165, 1.54) is 12.1 Å². The number of aryl methyl sites for hydroxylation is 2. The molecule has 4 heteroatoms. The van der Waals surface area contributed by atoms with Crippen molar-refractivity contribution in [1.82, 2.24) is 9.55 Å². The topological polar surface area (TPSA) is 27.1 Å². The normalized spacial score (nSPS) is 11.1. The third-order valence-corrected chi connectivity index (χ3v) is 4.69. The molecule has 1 aromatic heterocycles. The van der Waals surface area contributed by atoms with Crippen LogP contribution in [0.1, 0.15) is 22.5 Å². The average molecular weight is 360 g/mol. The first kappa shape index (κ1) is 17.3. The predicted octanol–water partition coefficient (Wildman–Crippen LogP) is 5.42. The molecule has 4 rings (SSSR count). The van der Waals surface area contributed by atoms with Crippen LogP contribution in [0.3, 0.4) is 0 Å². The Morgan fingerprint density at radius 2 is 1.74 bits per heavy atom. The van der Waals surface area contributed by atoms with Gasteiger partial charge in [0.05, 0.1) is 11.0 Å². The molecule has 1 heterocycles. The first-order chi connectivity index (χ1) is 13.1. The number of imidazole rings is 1. The molecule has 0 atom stereocenters. The maximum atomic E-state index is 13.2. The molecule has 0 saturated heterocycles. The summed E-state index contributed by atoms with van der Waals surface area (Å²) in [6.07, 6.45) is 0. The highest BCUT2D eigenvalue weighted by molar-refractivity contribution is 5.76. The summed E-state index contributed by atoms with van der Waals surface area (Å²) in [6, 6.07) is 20.8. The van der Waals surface area contributed by atoms with Gasteiger partial charge in [-0.05, 0) is 60.9 Å². The largest absolute Gasteiger partial charge is 0.485 e. The lowest BCUT2D eigenvalue weighted by molar-refractivity contribution is 0.289. The van der Waals surface area contributed by atoms with E-state index in [9.17, 15) is 4.39 Å². The maximum Gasteiger partial charge on any atom is 0.148 e. The molecule has 0 N–H and O–H groups in total. The van der Waals surface area contributed by atoms with E-state index in [0.29, 0.717) is 13.2 Å². The molecule has 0 spiro atoms. The number of aromatic nitrogens is 2. The quantitative estimate of drug-likeness (QED) is 0.475. The number of nitrogens with zero attached hydrogens (tertiary/aromatic N) is 2. The summed E-state index contributed by atoms with van der Waals surface area (Å²) in [7, 11) is 0. The number of rotatable bonds is 5. The van der Waals surface area contributed by atoms with Gasteiger partial charge in [0.2, 0.25) is 0 Å². The van der Waals surface area contributed by atoms with Gasteiger partial charge in [-0.3, -0.25) is 0 Å². The minimum atomic E-state index is -0.229. The lowest BCUT2D eigenvalue weighted by Gasteiger charge is -2.12. The zero-order chi connectivity index (χ0) is 18.8. The number of halogens is 1. The number of ether oxygens (including phenoxy) is 1. The number of benzene rings is 3. The van der Waals surface area contributed by atoms with E-state index < -0.39 is 0 Å². The second-order valence-corrected chi connectivity index (χ2v) is 6.79. The van der Waals surface area contributed by atoms with Crippen molar-refractivity contribution >= 4 is 11.0 Å². The van der Waals surface area contributed by atoms with Gasteiger partial charge in [0, 0.05) is 6.54 Å². The molecular weight excluding hydrogens is 339 g/mol. The summed E-state index contributed by atoms with van der Waals surface area (Å²) in [5.41, 5.74) is 5.25. The Hall–Kier alpha value is -3.14. The number of hydrogen-bond donors (Lipinski definition) is 0. The van der Waals surface area contributed by atoms with Gasteiger partial charge in [-0.2, -0.15) is 0 Å². The van der Waals surface area contributed by atoms with Crippen LogP contribution in [-0.2, 0) is 13.2 Å². The van der Waals surface area contributed by atoms with Crippen molar-refractivity contribution in [2.75, 3.05) is 0 Å². The van der Waals surface area contributed by atoms with Crippen LogP contribution in [0, 0.1) is 19.7 Å². The molecule has 0 radical (unpaired) electrons. The Kier molecular flexibility index (Phi) is 4.63. The Labute approximate surface area is 158 Å². The minimum Gasteiger partial charge on any atom is -0.485 e. The molecule has 0 saturated carbocycles. The lowest BCUT2D eigenvalue weighted by Crippen LogP contribution is -2.09. The summed E-state index contributed by atoms with van der Waals surface area (Å²) in [6.45, 7) is 5.08. The Bertz CT molecular complexity index is 1080. The minimum absolute atomic E-state index is 0.229. The molecule has 0 aliphatic heterocycles. The first-order valence-electron chi connectivity index (χ1n) is 8.99. The van der Waals surface area contributed by atoms with Gasteiger partial charge in [0.1, 0.15) is 24.0 Å². The molecule has 0 unspecified atom stereocenters. The van der Waals surface area contributed by atoms with Gasteiger partial charge in [0.15, 0.2) is 0 Å². The zero-order valence-electron chi connectivity index (χ0n) is 15.4. The molecule has 0 aliphatic carbocycles. The smallest absolute Gasteiger partial charge is 0.148 e. The van der Waals surface area contributed by atoms with Crippen molar-refractivity contribution in [1.29, 1.82) is 0 Å². The van der Waals surface area contributed by atoms with E-state index in [1.807, 2.05) is 37.3 Å². The van der Waals surface area contributed by atoms with Gasteiger partial charge in [-0.15, -0.1) is 0 Å². The van der Waals surface area contributed by atoms with Gasteiger partial charge < -0.3 is 9.30 Å². The van der Waals surface area contributed by atoms with Crippen LogP contribution in [0.2, 0.25) is 0 Å². The summed E-state index contributed by atoms with van der Waals surface area (Å²) in [4.78, 5) is 4.76. The van der Waals surface area contributed by atoms with Crippen molar-refractivity contribution in [2.24, 2.45) is 0 Å². The van der Waals surface area contributed by atoms with Crippen LogP contribution in [0.25, 0.3) is 11.0 Å². The van der Waals surface area contributed by atoms with Crippen LogP contribution in [0.15, 0.2) is 66.7 Å². The molecule has 3 nitrogen and oxygen atoms in total. The molecule has 0 fully saturated rings. The van der Waals surface area contributed by atoms with Crippen LogP contribution in [0.5, 0.6) is 5.75 Å². The van der Waals surface area contributed by atoms with Crippen LogP contribution in [0.4, 0.5) is 4.39 Å². The van der Waals surface area contributed by atoms with Gasteiger partial charge >= 0.3 is 0 Å². The zero-order valence-corrected chi connectivity index (χ0v) is 15.4. The summed E-state index contributed by atoms with van der Waals surface area (Å²) < 4.78 is 21.5. The summed E-state index contributed by atoms with van der Waals surface area (Å²) in [5, 5.41) is 0. The lowest BCUT2D eigenvalue weighted by atomic mass is 10.1. The second-order valence-electron chi connectivity index (χ2n) is 6.79. The Morgan fingerprint density at radius 3 is 2.56 bits per heavy atom. The van der Waals surface area contributed by atoms with Gasteiger partial charge in [-0.1, -0.05) is 36.4 Å². The van der Waals surface area contributed by atoms with E-state index in [4.69, 9.17) is 9.72 Å². The van der Waals surface area contributed by atoms with E-state index in [2.05, 4.69) is 23.6 Å². The summed E-state index contributed by atoms with van der Waals surface area (Å²) >= 11 is 0. The Morgan fingerprint density at radius 1 is 0.963 bits per heavy atom. The van der Waals surface area contributed by atoms with Crippen molar-refractivity contribution in [3.05, 3.63) is 95.1 Å². The monoisotopic (exact) mass is 360 g/mol. The van der Waals surface area contributed by atoms with Gasteiger partial charge in [0.25, 0.3) is 0 Å². The Balaban J connectivity index is 1.67. The van der Waals surface area contributed by atoms with E-state index in [-0.39, 0.29) is 5.82 Å². The molecule has 136 valence electrons. The second kappa shape index (κ2) is 7.23. The highest BCUT2D eigenvalue weighted by atomic mass is 19.1. The molecule has 27 heavy (non-hydrogen) atoms. The molecule has 0 amide bonds. The fourth-order valence-electron chi connectivity index (χ4n) is 3.19. The SMILES string of the molecule is Cc1ccc(C)c(OCc2nc3ccccc3n2Cc2ccc(F)cc2)c1. The average Bonchev–Trinajstić information content (AvgIpc) is 3.02. The van der Waals surface area contributed by atoms with Crippen molar-refractivity contribution in [3.8, 4) is 5.75 Å². The van der Waals surface area contributed by atoms with Crippen LogP contribution < -0.4 is 4.74 Å². The van der Waals surface area contributed by atoms with Crippen molar-refractivity contribution in [3.63, 3.8) is 0 Å². The molecule has 3 aromatic carbocycles. The van der Waals surface area contributed by atoms with E-state index in [1.54, 1.807) is 12.1 Å². The third-order valence-electron chi connectivity index (χ3n) is 4.69. The highest BCUT2D eigenvalue weighted by Crippen LogP contribution is 2.23. The third kappa shape index (κ3) is 3.70. The van der Waals surface area contributed by atoms with Crippen LogP contribution >= 0.6 is 0 Å². The standard InChI is InChI=1S/C23H21FN2O/c1-16-7-8-17(2)22(13-16)27-15-23-25-20-5-3-4-6-21(20)26(23)14-18-9-11-19(24)12-10-18/h3-13H,14-15H2,1-2H3. The molecule has 0 bridgehead atoms. The van der Waals surface area contributed by atoms with E-state index >= 15 is 0 Å². The van der Waals surface area contributed by atoms with Crippen molar-refractivity contribution < 1.29 is 9.13 Å². The predicted molar refractivity (Wildman–Crippen MR) is 105 cm³/mol. The van der Waals surface area contributed by atoms with Crippen molar-refractivity contribution in [2.45, 2.75) is 27.0 Å².